The average Bonchev–Trinajstić information content (AvgIpc) is 3.30. The van der Waals surface area contributed by atoms with Crippen molar-refractivity contribution in [3.8, 4) is 0 Å². The number of ether oxygens (including phenoxy) is 1. The van der Waals surface area contributed by atoms with E-state index in [0.29, 0.717) is 5.56 Å². The first-order valence-electron chi connectivity index (χ1n) is 7.08. The van der Waals surface area contributed by atoms with Gasteiger partial charge in [0.1, 0.15) is 24.4 Å². The van der Waals surface area contributed by atoms with Crippen molar-refractivity contribution in [2.75, 3.05) is 0 Å². The second-order valence-corrected chi connectivity index (χ2v) is 5.78. The molecule has 1 saturated heterocycles. The maximum Gasteiger partial charge on any atom is 0.118 e. The minimum Gasteiger partial charge on any atom is -0.387 e. The van der Waals surface area contributed by atoms with Gasteiger partial charge in [0.2, 0.25) is 0 Å². The van der Waals surface area contributed by atoms with E-state index in [1.165, 1.54) is 0 Å². The molecule has 4 atom stereocenters. The van der Waals surface area contributed by atoms with E-state index in [2.05, 4.69) is 6.07 Å². The van der Waals surface area contributed by atoms with E-state index in [9.17, 15) is 10.2 Å². The predicted octanol–water partition coefficient (Wildman–Crippen LogP) is 2.24. The molecule has 1 aliphatic carbocycles. The lowest BCUT2D eigenvalue weighted by atomic mass is 9.85. The number of hydrogen-bond donors (Lipinski definition) is 2. The minimum atomic E-state index is -0.943. The Labute approximate surface area is 120 Å². The van der Waals surface area contributed by atoms with Crippen LogP contribution in [0.25, 0.3) is 21.8 Å². The van der Waals surface area contributed by atoms with Gasteiger partial charge in [0, 0.05) is 16.3 Å². The number of aromatic nitrogens is 1. The summed E-state index contributed by atoms with van der Waals surface area (Å²) in [6.45, 7) is 0. The second kappa shape index (κ2) is 3.80. The number of fused-ring (bicyclic) bond motifs is 6. The van der Waals surface area contributed by atoms with Crippen LogP contribution in [0.4, 0.5) is 0 Å². The highest BCUT2D eigenvalue weighted by atomic mass is 16.6. The van der Waals surface area contributed by atoms with Crippen LogP contribution in [-0.2, 0) is 4.74 Å². The molecule has 3 aromatic rings. The molecule has 0 saturated carbocycles. The molecule has 104 valence electrons. The van der Waals surface area contributed by atoms with Crippen molar-refractivity contribution in [2.45, 2.75) is 24.4 Å². The molecule has 0 bridgehead atoms. The predicted molar refractivity (Wildman–Crippen MR) is 77.8 cm³/mol. The van der Waals surface area contributed by atoms with Crippen LogP contribution in [0.15, 0.2) is 42.5 Å². The van der Waals surface area contributed by atoms with E-state index in [4.69, 9.17) is 9.72 Å². The number of rotatable bonds is 0. The third-order valence-electron chi connectivity index (χ3n) is 4.55. The van der Waals surface area contributed by atoms with Gasteiger partial charge in [-0.15, -0.1) is 0 Å². The summed E-state index contributed by atoms with van der Waals surface area (Å²) in [6, 6.07) is 14.0. The Morgan fingerprint density at radius 3 is 2.76 bits per heavy atom. The molecule has 0 radical (unpaired) electrons. The normalized spacial score (nSPS) is 30.2. The van der Waals surface area contributed by atoms with Crippen LogP contribution in [0, 0.1) is 0 Å². The minimum absolute atomic E-state index is 0.101. The third-order valence-corrected chi connectivity index (χ3v) is 4.55. The number of nitrogens with zero attached hydrogens (tertiary/aromatic N) is 1. The molecule has 2 aromatic carbocycles. The van der Waals surface area contributed by atoms with Crippen LogP contribution in [0.3, 0.4) is 0 Å². The Hall–Kier alpha value is -2.01. The van der Waals surface area contributed by atoms with Gasteiger partial charge in [-0.25, -0.2) is 4.98 Å². The Kier molecular flexibility index (Phi) is 2.10. The zero-order valence-electron chi connectivity index (χ0n) is 11.1. The molecule has 5 rings (SSSR count). The van der Waals surface area contributed by atoms with Gasteiger partial charge >= 0.3 is 0 Å². The Balaban J connectivity index is 1.88. The van der Waals surface area contributed by atoms with Gasteiger partial charge in [-0.1, -0.05) is 30.3 Å². The van der Waals surface area contributed by atoms with Crippen LogP contribution in [0.5, 0.6) is 0 Å². The summed E-state index contributed by atoms with van der Waals surface area (Å²) >= 11 is 0. The lowest BCUT2D eigenvalue weighted by Gasteiger charge is -2.24. The standard InChI is InChI=1S/C17H13NO3/c19-14-12-10(16-17(21-16)15(14)20)6-5-9-7-8-3-1-2-4-11(8)18-13(9)12/h1-7,14-17,19-20H. The van der Waals surface area contributed by atoms with Gasteiger partial charge in [0.15, 0.2) is 0 Å². The SMILES string of the molecule is OC1c2c(ccc3cc4ccccc4nc23)C2OC2C1O. The van der Waals surface area contributed by atoms with Gasteiger partial charge in [0.05, 0.1) is 11.0 Å². The molecule has 2 heterocycles. The van der Waals surface area contributed by atoms with Gasteiger partial charge in [-0.05, 0) is 17.7 Å². The van der Waals surface area contributed by atoms with Crippen molar-refractivity contribution in [3.05, 3.63) is 53.6 Å². The van der Waals surface area contributed by atoms with Crippen molar-refractivity contribution < 1.29 is 14.9 Å². The van der Waals surface area contributed by atoms with E-state index in [-0.39, 0.29) is 12.2 Å². The monoisotopic (exact) mass is 279 g/mol. The zero-order chi connectivity index (χ0) is 14.1. The van der Waals surface area contributed by atoms with E-state index < -0.39 is 12.2 Å². The fraction of sp³-hybridized carbons (Fsp3) is 0.235. The van der Waals surface area contributed by atoms with Crippen molar-refractivity contribution >= 4 is 21.8 Å². The summed E-state index contributed by atoms with van der Waals surface area (Å²) < 4.78 is 5.49. The number of pyridine rings is 1. The number of para-hydroxylation sites is 1. The van der Waals surface area contributed by atoms with Crippen LogP contribution in [0.1, 0.15) is 23.3 Å². The van der Waals surface area contributed by atoms with E-state index >= 15 is 0 Å². The summed E-state index contributed by atoms with van der Waals surface area (Å²) in [6.07, 6.45) is -2.19. The van der Waals surface area contributed by atoms with Crippen molar-refractivity contribution in [1.29, 1.82) is 0 Å². The molecule has 0 amide bonds. The highest BCUT2D eigenvalue weighted by molar-refractivity contribution is 5.95. The molecule has 1 aliphatic heterocycles. The molecule has 4 unspecified atom stereocenters. The Morgan fingerprint density at radius 2 is 1.86 bits per heavy atom. The van der Waals surface area contributed by atoms with E-state index in [1.54, 1.807) is 0 Å². The van der Waals surface area contributed by atoms with Crippen molar-refractivity contribution in [1.82, 2.24) is 4.98 Å². The highest BCUT2D eigenvalue weighted by Gasteiger charge is 2.54. The molecule has 2 aliphatic rings. The van der Waals surface area contributed by atoms with Gasteiger partial charge in [-0.3, -0.25) is 0 Å². The first-order chi connectivity index (χ1) is 10.2. The summed E-state index contributed by atoms with van der Waals surface area (Å²) in [5.41, 5.74) is 3.31. The van der Waals surface area contributed by atoms with Gasteiger partial charge < -0.3 is 14.9 Å². The third kappa shape index (κ3) is 1.47. The molecule has 4 heteroatoms. The highest BCUT2D eigenvalue weighted by Crippen LogP contribution is 2.52. The molecule has 2 N–H and O–H groups in total. The van der Waals surface area contributed by atoms with Gasteiger partial charge in [0.25, 0.3) is 0 Å². The zero-order valence-corrected chi connectivity index (χ0v) is 11.1. The lowest BCUT2D eigenvalue weighted by molar-refractivity contribution is 0.000736. The molecular formula is C17H13NO3. The maximum absolute atomic E-state index is 10.4. The Morgan fingerprint density at radius 1 is 1.00 bits per heavy atom. The largest absolute Gasteiger partial charge is 0.387 e. The first-order valence-corrected chi connectivity index (χ1v) is 7.08. The fourth-order valence-corrected chi connectivity index (χ4v) is 3.42. The van der Waals surface area contributed by atoms with E-state index in [1.807, 2.05) is 36.4 Å². The number of hydrogen-bond acceptors (Lipinski definition) is 4. The molecule has 4 nitrogen and oxygen atoms in total. The lowest BCUT2D eigenvalue weighted by Crippen LogP contribution is -2.29. The average molecular weight is 279 g/mol. The summed E-state index contributed by atoms with van der Waals surface area (Å²) in [4.78, 5) is 4.70. The molecule has 0 spiro atoms. The van der Waals surface area contributed by atoms with Gasteiger partial charge in [-0.2, -0.15) is 0 Å². The van der Waals surface area contributed by atoms with E-state index in [0.717, 1.165) is 27.4 Å². The summed E-state index contributed by atoms with van der Waals surface area (Å²) in [7, 11) is 0. The second-order valence-electron chi connectivity index (χ2n) is 5.78. The number of aliphatic hydroxyl groups excluding tert-OH is 2. The number of epoxide rings is 1. The summed E-state index contributed by atoms with van der Waals surface area (Å²) in [5, 5.41) is 22.6. The number of benzene rings is 2. The van der Waals surface area contributed by atoms with Crippen LogP contribution in [-0.4, -0.2) is 27.4 Å². The smallest absolute Gasteiger partial charge is 0.118 e. The van der Waals surface area contributed by atoms with Crippen LogP contribution < -0.4 is 0 Å². The molecule has 1 fully saturated rings. The molecule has 1 aromatic heterocycles. The van der Waals surface area contributed by atoms with Crippen LogP contribution >= 0.6 is 0 Å². The van der Waals surface area contributed by atoms with Crippen molar-refractivity contribution in [3.63, 3.8) is 0 Å². The fourth-order valence-electron chi connectivity index (χ4n) is 3.42. The quantitative estimate of drug-likeness (QED) is 0.489. The Bertz CT molecular complexity index is 892. The molecule has 21 heavy (non-hydrogen) atoms. The summed E-state index contributed by atoms with van der Waals surface area (Å²) in [5.74, 6) is 0. The van der Waals surface area contributed by atoms with Crippen molar-refractivity contribution in [2.24, 2.45) is 0 Å². The maximum atomic E-state index is 10.4. The number of aliphatic hydroxyl groups is 2. The first kappa shape index (κ1) is 11.6. The topological polar surface area (TPSA) is 65.9 Å². The molecular weight excluding hydrogens is 266 g/mol. The van der Waals surface area contributed by atoms with Crippen LogP contribution in [0.2, 0.25) is 0 Å².